The maximum Gasteiger partial charge on any atom is 0.262 e. The standard InChI is InChI=1S/C11H21N5O3S/c1-9(2)6-16(5-4-10(12)14-17)20(18,19)11-7-15(3)8-13-11/h7-9,17H,4-6H2,1-3H3,(H2,12,14). The number of rotatable bonds is 7. The highest BCUT2D eigenvalue weighted by Gasteiger charge is 2.27. The van der Waals surface area contributed by atoms with Gasteiger partial charge in [0.2, 0.25) is 0 Å². The summed E-state index contributed by atoms with van der Waals surface area (Å²) in [5.74, 6) is 0.149. The van der Waals surface area contributed by atoms with Gasteiger partial charge in [0, 0.05) is 32.8 Å². The Morgan fingerprint density at radius 2 is 2.25 bits per heavy atom. The van der Waals surface area contributed by atoms with E-state index in [4.69, 9.17) is 10.9 Å². The Balaban J connectivity index is 2.97. The monoisotopic (exact) mass is 303 g/mol. The minimum Gasteiger partial charge on any atom is -0.409 e. The number of hydrogen-bond donors (Lipinski definition) is 2. The number of aromatic nitrogens is 2. The molecule has 0 aromatic carbocycles. The Hall–Kier alpha value is -1.61. The predicted molar refractivity (Wildman–Crippen MR) is 74.8 cm³/mol. The molecular weight excluding hydrogens is 282 g/mol. The van der Waals surface area contributed by atoms with E-state index in [2.05, 4.69) is 10.1 Å². The zero-order valence-electron chi connectivity index (χ0n) is 11.9. The number of aryl methyl sites for hydroxylation is 1. The fourth-order valence-corrected chi connectivity index (χ4v) is 3.23. The molecule has 0 saturated heterocycles. The minimum atomic E-state index is -3.67. The quantitative estimate of drug-likeness (QED) is 0.323. The summed E-state index contributed by atoms with van der Waals surface area (Å²) >= 11 is 0. The molecule has 0 atom stereocenters. The van der Waals surface area contributed by atoms with Gasteiger partial charge in [-0.25, -0.2) is 13.4 Å². The molecule has 20 heavy (non-hydrogen) atoms. The summed E-state index contributed by atoms with van der Waals surface area (Å²) in [6, 6.07) is 0. The normalized spacial score (nSPS) is 13.3. The molecular formula is C11H21N5O3S. The third-order valence-corrected chi connectivity index (χ3v) is 4.35. The lowest BCUT2D eigenvalue weighted by Gasteiger charge is -2.22. The molecule has 0 aliphatic heterocycles. The van der Waals surface area contributed by atoms with Crippen LogP contribution in [0.25, 0.3) is 0 Å². The number of imidazole rings is 1. The molecule has 0 bridgehead atoms. The third kappa shape index (κ3) is 4.20. The van der Waals surface area contributed by atoms with Crippen LogP contribution in [0.3, 0.4) is 0 Å². The van der Waals surface area contributed by atoms with E-state index < -0.39 is 10.0 Å². The Bertz CT molecular complexity index is 564. The van der Waals surface area contributed by atoms with Gasteiger partial charge in [-0.3, -0.25) is 0 Å². The van der Waals surface area contributed by atoms with Crippen LogP contribution in [0.2, 0.25) is 0 Å². The number of amidine groups is 1. The number of sulfonamides is 1. The average molecular weight is 303 g/mol. The van der Waals surface area contributed by atoms with Crippen molar-refractivity contribution in [2.75, 3.05) is 13.1 Å². The SMILES string of the molecule is CC(C)CN(CCC(N)=NO)S(=O)(=O)c1cn(C)cn1. The fourth-order valence-electron chi connectivity index (χ4n) is 1.66. The first-order valence-corrected chi connectivity index (χ1v) is 7.66. The Morgan fingerprint density at radius 1 is 1.60 bits per heavy atom. The van der Waals surface area contributed by atoms with Crippen molar-refractivity contribution in [3.05, 3.63) is 12.5 Å². The first-order chi connectivity index (χ1) is 9.27. The summed E-state index contributed by atoms with van der Waals surface area (Å²) in [5, 5.41) is 11.4. The summed E-state index contributed by atoms with van der Waals surface area (Å²) in [6.07, 6.45) is 3.05. The van der Waals surface area contributed by atoms with Gasteiger partial charge in [-0.1, -0.05) is 19.0 Å². The molecule has 0 aliphatic carbocycles. The third-order valence-electron chi connectivity index (χ3n) is 2.60. The predicted octanol–water partition coefficient (Wildman–Crippen LogP) is 0.203. The van der Waals surface area contributed by atoms with Crippen LogP contribution in [0.4, 0.5) is 0 Å². The van der Waals surface area contributed by atoms with Gasteiger partial charge in [-0.05, 0) is 5.92 Å². The van der Waals surface area contributed by atoms with Crippen LogP contribution in [0, 0.1) is 5.92 Å². The molecule has 1 heterocycles. The molecule has 8 nitrogen and oxygen atoms in total. The second-order valence-electron chi connectivity index (χ2n) is 4.98. The largest absolute Gasteiger partial charge is 0.409 e. The molecule has 114 valence electrons. The summed E-state index contributed by atoms with van der Waals surface area (Å²) in [5.41, 5.74) is 5.40. The van der Waals surface area contributed by atoms with Gasteiger partial charge in [0.05, 0.1) is 6.33 Å². The molecule has 0 saturated carbocycles. The van der Waals surface area contributed by atoms with Crippen LogP contribution in [-0.4, -0.2) is 46.4 Å². The highest BCUT2D eigenvalue weighted by atomic mass is 32.2. The maximum atomic E-state index is 12.5. The van der Waals surface area contributed by atoms with E-state index >= 15 is 0 Å². The first-order valence-electron chi connectivity index (χ1n) is 6.22. The van der Waals surface area contributed by atoms with E-state index in [1.165, 1.54) is 16.8 Å². The van der Waals surface area contributed by atoms with Crippen LogP contribution in [0.15, 0.2) is 22.7 Å². The van der Waals surface area contributed by atoms with E-state index in [1.54, 1.807) is 11.6 Å². The molecule has 3 N–H and O–H groups in total. The van der Waals surface area contributed by atoms with Crippen molar-refractivity contribution in [2.24, 2.45) is 23.9 Å². The lowest BCUT2D eigenvalue weighted by molar-refractivity contribution is 0.314. The zero-order valence-corrected chi connectivity index (χ0v) is 12.7. The number of nitrogens with two attached hydrogens (primary N) is 1. The second kappa shape index (κ2) is 6.71. The van der Waals surface area contributed by atoms with Crippen molar-refractivity contribution >= 4 is 15.9 Å². The van der Waals surface area contributed by atoms with Gasteiger partial charge in [-0.2, -0.15) is 4.31 Å². The van der Waals surface area contributed by atoms with E-state index in [1.807, 2.05) is 13.8 Å². The van der Waals surface area contributed by atoms with Gasteiger partial charge < -0.3 is 15.5 Å². The van der Waals surface area contributed by atoms with Crippen LogP contribution >= 0.6 is 0 Å². The van der Waals surface area contributed by atoms with Crippen LogP contribution in [0.1, 0.15) is 20.3 Å². The number of nitrogens with zero attached hydrogens (tertiary/aromatic N) is 4. The Morgan fingerprint density at radius 3 is 2.70 bits per heavy atom. The summed E-state index contributed by atoms with van der Waals surface area (Å²) in [4.78, 5) is 3.89. The van der Waals surface area contributed by atoms with Crippen LogP contribution in [0.5, 0.6) is 0 Å². The number of oxime groups is 1. The Labute approximate surface area is 118 Å². The number of hydrogen-bond acceptors (Lipinski definition) is 5. The average Bonchev–Trinajstić information content (AvgIpc) is 2.80. The van der Waals surface area contributed by atoms with E-state index in [-0.39, 0.29) is 29.7 Å². The van der Waals surface area contributed by atoms with Crippen molar-refractivity contribution in [2.45, 2.75) is 25.3 Å². The maximum absolute atomic E-state index is 12.5. The molecule has 1 aromatic rings. The molecule has 1 aromatic heterocycles. The van der Waals surface area contributed by atoms with Crippen molar-refractivity contribution in [3.63, 3.8) is 0 Å². The molecule has 0 amide bonds. The summed E-state index contributed by atoms with van der Waals surface area (Å²) in [6.45, 7) is 4.33. The summed E-state index contributed by atoms with van der Waals surface area (Å²) in [7, 11) is -1.97. The molecule has 9 heteroatoms. The van der Waals surface area contributed by atoms with Crippen molar-refractivity contribution in [3.8, 4) is 0 Å². The zero-order chi connectivity index (χ0) is 15.3. The minimum absolute atomic E-state index is 0.000147. The smallest absolute Gasteiger partial charge is 0.262 e. The van der Waals surface area contributed by atoms with Gasteiger partial charge in [-0.15, -0.1) is 0 Å². The lowest BCUT2D eigenvalue weighted by atomic mass is 10.2. The van der Waals surface area contributed by atoms with Gasteiger partial charge >= 0.3 is 0 Å². The molecule has 0 unspecified atom stereocenters. The summed E-state index contributed by atoms with van der Waals surface area (Å²) < 4.78 is 27.9. The van der Waals surface area contributed by atoms with E-state index in [9.17, 15) is 8.42 Å². The fraction of sp³-hybridized carbons (Fsp3) is 0.636. The Kier molecular flexibility index (Phi) is 5.52. The molecule has 1 rings (SSSR count). The highest BCUT2D eigenvalue weighted by Crippen LogP contribution is 2.15. The van der Waals surface area contributed by atoms with E-state index in [0.29, 0.717) is 6.54 Å². The second-order valence-corrected chi connectivity index (χ2v) is 6.86. The van der Waals surface area contributed by atoms with Gasteiger partial charge in [0.1, 0.15) is 5.84 Å². The van der Waals surface area contributed by atoms with Gasteiger partial charge in [0.15, 0.2) is 5.03 Å². The highest BCUT2D eigenvalue weighted by molar-refractivity contribution is 7.89. The topological polar surface area (TPSA) is 114 Å². The van der Waals surface area contributed by atoms with Crippen molar-refractivity contribution < 1.29 is 13.6 Å². The first kappa shape index (κ1) is 16.4. The van der Waals surface area contributed by atoms with E-state index in [0.717, 1.165) is 0 Å². The van der Waals surface area contributed by atoms with Crippen molar-refractivity contribution in [1.82, 2.24) is 13.9 Å². The van der Waals surface area contributed by atoms with Crippen LogP contribution < -0.4 is 5.73 Å². The molecule has 0 aliphatic rings. The van der Waals surface area contributed by atoms with Gasteiger partial charge in [0.25, 0.3) is 10.0 Å². The van der Waals surface area contributed by atoms with Crippen molar-refractivity contribution in [1.29, 1.82) is 0 Å². The van der Waals surface area contributed by atoms with Crippen LogP contribution in [-0.2, 0) is 17.1 Å². The molecule has 0 radical (unpaired) electrons. The lowest BCUT2D eigenvalue weighted by Crippen LogP contribution is -2.37. The molecule has 0 fully saturated rings. The molecule has 0 spiro atoms.